The molecule has 0 saturated carbocycles. The number of carbonyl (C=O) groups is 2. The Morgan fingerprint density at radius 3 is 2.68 bits per heavy atom. The molecule has 0 amide bonds. The molecule has 1 fully saturated rings. The van der Waals surface area contributed by atoms with Crippen molar-refractivity contribution in [2.75, 3.05) is 18.6 Å². The lowest BCUT2D eigenvalue weighted by Crippen LogP contribution is -2.19. The fraction of sp³-hybridized carbons (Fsp3) is 0.429. The Labute approximate surface area is 127 Å². The van der Waals surface area contributed by atoms with Gasteiger partial charge in [0.2, 0.25) is 0 Å². The van der Waals surface area contributed by atoms with Crippen LogP contribution in [0.15, 0.2) is 18.2 Å². The van der Waals surface area contributed by atoms with E-state index >= 15 is 0 Å². The van der Waals surface area contributed by atoms with E-state index in [4.69, 9.17) is 4.74 Å². The van der Waals surface area contributed by atoms with E-state index < -0.39 is 33.5 Å². The highest BCUT2D eigenvalue weighted by Gasteiger charge is 2.34. The molecule has 1 aromatic rings. The number of carbonyl (C=O) groups excluding carboxylic acids is 2. The van der Waals surface area contributed by atoms with Gasteiger partial charge >= 0.3 is 11.9 Å². The molecule has 1 aliphatic heterocycles. The van der Waals surface area contributed by atoms with Crippen LogP contribution in [0, 0.1) is 11.7 Å². The molecular formula is C14H15FO6S. The van der Waals surface area contributed by atoms with E-state index in [1.165, 1.54) is 6.07 Å². The summed E-state index contributed by atoms with van der Waals surface area (Å²) in [6.07, 6.45) is 0.231. The summed E-state index contributed by atoms with van der Waals surface area (Å²) < 4.78 is 45.4. The number of halogens is 1. The maximum Gasteiger partial charge on any atom is 0.338 e. The van der Waals surface area contributed by atoms with Crippen LogP contribution in [0.3, 0.4) is 0 Å². The molecular weight excluding hydrogens is 315 g/mol. The zero-order valence-electron chi connectivity index (χ0n) is 11.9. The van der Waals surface area contributed by atoms with Crippen molar-refractivity contribution in [1.82, 2.24) is 0 Å². The van der Waals surface area contributed by atoms with Gasteiger partial charge in [-0.15, -0.1) is 0 Å². The normalized spacial score (nSPS) is 19.6. The lowest BCUT2D eigenvalue weighted by Gasteiger charge is -2.11. The van der Waals surface area contributed by atoms with Crippen molar-refractivity contribution in [2.45, 2.75) is 13.0 Å². The molecule has 1 aromatic carbocycles. The molecule has 8 heteroatoms. The highest BCUT2D eigenvalue weighted by molar-refractivity contribution is 7.91. The summed E-state index contributed by atoms with van der Waals surface area (Å²) in [5.74, 6) is -2.94. The largest absolute Gasteiger partial charge is 0.465 e. The first-order valence-electron chi connectivity index (χ1n) is 6.56. The van der Waals surface area contributed by atoms with Gasteiger partial charge in [0.15, 0.2) is 9.84 Å². The van der Waals surface area contributed by atoms with E-state index in [2.05, 4.69) is 4.74 Å². The van der Waals surface area contributed by atoms with E-state index in [1.807, 2.05) is 0 Å². The van der Waals surface area contributed by atoms with Crippen LogP contribution in [0.4, 0.5) is 4.39 Å². The summed E-state index contributed by atoms with van der Waals surface area (Å²) in [5, 5.41) is 0. The highest BCUT2D eigenvalue weighted by atomic mass is 32.2. The number of rotatable bonds is 4. The van der Waals surface area contributed by atoms with Crippen LogP contribution in [0.5, 0.6) is 0 Å². The first kappa shape index (κ1) is 16.4. The van der Waals surface area contributed by atoms with Gasteiger partial charge in [0, 0.05) is 5.56 Å². The Morgan fingerprint density at radius 2 is 2.09 bits per heavy atom. The van der Waals surface area contributed by atoms with Crippen LogP contribution >= 0.6 is 0 Å². The van der Waals surface area contributed by atoms with E-state index in [-0.39, 0.29) is 30.1 Å². The number of esters is 2. The highest BCUT2D eigenvalue weighted by Crippen LogP contribution is 2.21. The molecule has 6 nitrogen and oxygen atoms in total. The molecule has 0 spiro atoms. The summed E-state index contributed by atoms with van der Waals surface area (Å²) in [4.78, 5) is 23.4. The van der Waals surface area contributed by atoms with Crippen LogP contribution in [0.25, 0.3) is 0 Å². The predicted molar refractivity (Wildman–Crippen MR) is 74.3 cm³/mol. The van der Waals surface area contributed by atoms with Crippen molar-refractivity contribution >= 4 is 21.8 Å². The SMILES string of the molecule is COC(=O)c1cc(F)ccc1COC(=O)[C@@H]1CCS(=O)(=O)C1. The van der Waals surface area contributed by atoms with Gasteiger partial charge < -0.3 is 9.47 Å². The Balaban J connectivity index is 2.05. The van der Waals surface area contributed by atoms with Gasteiger partial charge in [-0.3, -0.25) is 4.79 Å². The summed E-state index contributed by atoms with van der Waals surface area (Å²) in [5.41, 5.74) is 0.261. The first-order chi connectivity index (χ1) is 10.3. The molecule has 1 heterocycles. The van der Waals surface area contributed by atoms with Gasteiger partial charge in [-0.2, -0.15) is 0 Å². The zero-order valence-corrected chi connectivity index (χ0v) is 12.7. The number of sulfone groups is 1. The van der Waals surface area contributed by atoms with Gasteiger partial charge in [-0.25, -0.2) is 17.6 Å². The lowest BCUT2D eigenvalue weighted by molar-refractivity contribution is -0.149. The van der Waals surface area contributed by atoms with Crippen molar-refractivity contribution < 1.29 is 31.9 Å². The Hall–Kier alpha value is -1.96. The van der Waals surface area contributed by atoms with Gasteiger partial charge in [0.25, 0.3) is 0 Å². The van der Waals surface area contributed by atoms with Crippen LogP contribution in [0.2, 0.25) is 0 Å². The molecule has 2 rings (SSSR count). The minimum absolute atomic E-state index is 0.0310. The van der Waals surface area contributed by atoms with Crippen molar-refractivity contribution in [3.8, 4) is 0 Å². The minimum atomic E-state index is -3.18. The smallest absolute Gasteiger partial charge is 0.338 e. The maximum atomic E-state index is 13.2. The number of benzene rings is 1. The van der Waals surface area contributed by atoms with E-state index in [1.54, 1.807) is 0 Å². The van der Waals surface area contributed by atoms with Crippen LogP contribution < -0.4 is 0 Å². The molecule has 1 saturated heterocycles. The van der Waals surface area contributed by atoms with Gasteiger partial charge in [-0.1, -0.05) is 6.07 Å². The molecule has 0 unspecified atom stereocenters. The van der Waals surface area contributed by atoms with Gasteiger partial charge in [0.05, 0.1) is 30.1 Å². The minimum Gasteiger partial charge on any atom is -0.465 e. The zero-order chi connectivity index (χ0) is 16.3. The molecule has 1 atom stereocenters. The molecule has 0 aliphatic carbocycles. The van der Waals surface area contributed by atoms with Crippen LogP contribution in [-0.2, 0) is 30.7 Å². The summed E-state index contributed by atoms with van der Waals surface area (Å²) in [6, 6.07) is 3.45. The average Bonchev–Trinajstić information content (AvgIpc) is 2.85. The monoisotopic (exact) mass is 330 g/mol. The average molecular weight is 330 g/mol. The predicted octanol–water partition coefficient (Wildman–Crippen LogP) is 1.09. The third kappa shape index (κ3) is 3.82. The van der Waals surface area contributed by atoms with Gasteiger partial charge in [-0.05, 0) is 18.6 Å². The molecule has 1 aliphatic rings. The molecule has 0 N–H and O–H groups in total. The van der Waals surface area contributed by atoms with Gasteiger partial charge in [0.1, 0.15) is 12.4 Å². The fourth-order valence-electron chi connectivity index (χ4n) is 2.22. The third-order valence-electron chi connectivity index (χ3n) is 3.41. The quantitative estimate of drug-likeness (QED) is 0.768. The molecule has 0 bridgehead atoms. The van der Waals surface area contributed by atoms with E-state index in [0.29, 0.717) is 5.56 Å². The second-order valence-electron chi connectivity index (χ2n) is 5.00. The van der Waals surface area contributed by atoms with Crippen molar-refractivity contribution in [1.29, 1.82) is 0 Å². The molecule has 120 valence electrons. The van der Waals surface area contributed by atoms with Crippen LogP contribution in [0.1, 0.15) is 22.3 Å². The Kier molecular flexibility index (Phi) is 4.80. The molecule has 0 radical (unpaired) electrons. The number of hydrogen-bond donors (Lipinski definition) is 0. The van der Waals surface area contributed by atoms with Crippen molar-refractivity contribution in [3.05, 3.63) is 35.1 Å². The van der Waals surface area contributed by atoms with Crippen molar-refractivity contribution in [3.63, 3.8) is 0 Å². The summed E-state index contributed by atoms with van der Waals surface area (Å²) in [7, 11) is -2.02. The molecule has 22 heavy (non-hydrogen) atoms. The third-order valence-corrected chi connectivity index (χ3v) is 5.18. The second-order valence-corrected chi connectivity index (χ2v) is 7.23. The number of methoxy groups -OCH3 is 1. The second kappa shape index (κ2) is 6.43. The molecule has 0 aromatic heterocycles. The fourth-order valence-corrected chi connectivity index (χ4v) is 3.95. The summed E-state index contributed by atoms with van der Waals surface area (Å²) >= 11 is 0. The van der Waals surface area contributed by atoms with E-state index in [9.17, 15) is 22.4 Å². The lowest BCUT2D eigenvalue weighted by atomic mass is 10.1. The number of hydrogen-bond acceptors (Lipinski definition) is 6. The summed E-state index contributed by atoms with van der Waals surface area (Å²) in [6.45, 7) is -0.250. The first-order valence-corrected chi connectivity index (χ1v) is 8.38. The Bertz CT molecular complexity index is 697. The Morgan fingerprint density at radius 1 is 1.36 bits per heavy atom. The van der Waals surface area contributed by atoms with Crippen LogP contribution in [-0.4, -0.2) is 39.0 Å². The number of ether oxygens (including phenoxy) is 2. The standard InChI is InChI=1S/C14H15FO6S/c1-20-14(17)12-6-11(15)3-2-9(12)7-21-13(16)10-4-5-22(18,19)8-10/h2-3,6,10H,4-5,7-8H2,1H3/t10-/m1/s1. The topological polar surface area (TPSA) is 86.7 Å². The van der Waals surface area contributed by atoms with E-state index in [0.717, 1.165) is 19.2 Å². The van der Waals surface area contributed by atoms with Crippen molar-refractivity contribution in [2.24, 2.45) is 5.92 Å². The maximum absolute atomic E-state index is 13.2.